The number of phenolic OH excluding ortho intramolecular Hbond substituents is 1. The van der Waals surface area contributed by atoms with E-state index < -0.39 is 23.2 Å². The van der Waals surface area contributed by atoms with Crippen molar-refractivity contribution in [2.75, 3.05) is 4.90 Å². The van der Waals surface area contributed by atoms with Gasteiger partial charge in [-0.15, -0.1) is 0 Å². The molecule has 5 aromatic carbocycles. The number of rotatable bonds is 4. The van der Waals surface area contributed by atoms with Crippen molar-refractivity contribution in [2.45, 2.75) is 11.3 Å². The van der Waals surface area contributed by atoms with Crippen LogP contribution in [0.5, 0.6) is 5.75 Å². The average molecular weight is 564 g/mol. The van der Waals surface area contributed by atoms with Crippen LogP contribution in [-0.4, -0.2) is 29.0 Å². The molecule has 3 aliphatic carbocycles. The number of hydrogen-bond acceptors (Lipinski definition) is 5. The fraction of sp³-hybridized carbons (Fsp3) is 0.111. The molecule has 5 aromatic rings. The second kappa shape index (κ2) is 9.22. The largest absolute Gasteiger partial charge is 0.507 e. The van der Waals surface area contributed by atoms with E-state index in [0.717, 1.165) is 33.0 Å². The van der Waals surface area contributed by atoms with Crippen molar-refractivity contribution in [3.8, 4) is 5.75 Å². The van der Waals surface area contributed by atoms with E-state index in [2.05, 4.69) is 10.5 Å². The number of phenols is 1. The zero-order valence-corrected chi connectivity index (χ0v) is 22.8. The summed E-state index contributed by atoms with van der Waals surface area (Å²) in [5, 5.41) is 16.4. The Morgan fingerprint density at radius 2 is 1.40 bits per heavy atom. The van der Waals surface area contributed by atoms with Crippen LogP contribution in [0, 0.1) is 11.8 Å². The number of carbonyl (C=O) groups is 3. The number of amides is 3. The van der Waals surface area contributed by atoms with Gasteiger partial charge in [-0.2, -0.15) is 5.10 Å². The Morgan fingerprint density at radius 1 is 0.767 bits per heavy atom. The van der Waals surface area contributed by atoms with Crippen LogP contribution in [0.4, 0.5) is 5.69 Å². The van der Waals surface area contributed by atoms with Gasteiger partial charge >= 0.3 is 0 Å². The fourth-order valence-electron chi connectivity index (χ4n) is 7.61. The van der Waals surface area contributed by atoms with Gasteiger partial charge in [0.1, 0.15) is 5.75 Å². The minimum Gasteiger partial charge on any atom is -0.507 e. The van der Waals surface area contributed by atoms with E-state index in [9.17, 15) is 19.5 Å². The van der Waals surface area contributed by atoms with E-state index in [0.29, 0.717) is 5.69 Å². The van der Waals surface area contributed by atoms with Gasteiger partial charge in [0.05, 0.1) is 28.5 Å². The van der Waals surface area contributed by atoms with Crippen molar-refractivity contribution in [3.05, 3.63) is 143 Å². The SMILES string of the molecule is O=C(N/N=C\C12c3ccccc3C(c3ccccc31)[C@@H]1C(=O)N(c3cccc4ccccc34)C(=O)[C@H]12)c1ccccc1O. The zero-order chi connectivity index (χ0) is 29.3. The highest BCUT2D eigenvalue weighted by molar-refractivity contribution is 6.27. The molecule has 2 bridgehead atoms. The van der Waals surface area contributed by atoms with Crippen LogP contribution in [0.3, 0.4) is 0 Å². The van der Waals surface area contributed by atoms with Crippen molar-refractivity contribution in [1.29, 1.82) is 0 Å². The number of aromatic hydroxyl groups is 1. The number of fused-ring (bicyclic) bond motifs is 1. The quantitative estimate of drug-likeness (QED) is 0.171. The molecule has 1 fully saturated rings. The van der Waals surface area contributed by atoms with E-state index in [4.69, 9.17) is 0 Å². The summed E-state index contributed by atoms with van der Waals surface area (Å²) < 4.78 is 0. The van der Waals surface area contributed by atoms with Gasteiger partial charge in [0.25, 0.3) is 5.91 Å². The number of carbonyl (C=O) groups excluding carboxylic acids is 3. The van der Waals surface area contributed by atoms with Crippen LogP contribution in [0.1, 0.15) is 38.5 Å². The molecule has 9 rings (SSSR count). The summed E-state index contributed by atoms with van der Waals surface area (Å²) in [6.07, 6.45) is 1.62. The maximum Gasteiger partial charge on any atom is 0.275 e. The number of hydrazone groups is 1. The lowest BCUT2D eigenvalue weighted by atomic mass is 9.47. The Balaban J connectivity index is 1.32. The first-order valence-electron chi connectivity index (χ1n) is 14.2. The standard InChI is InChI=1S/C36H25N3O4/c40-29-19-8-5-15-25(29)33(41)38-37-20-36-26-16-6-3-13-23(26)30(24-14-4-7-17-27(24)36)31-32(36)35(43)39(34(31)42)28-18-9-11-21-10-1-2-12-22(21)28/h1-20,30-32,40H,(H,38,41)/b37-20-/t30?,31-,32-,36?/m0/s1. The molecule has 3 amide bonds. The molecule has 7 heteroatoms. The van der Waals surface area contributed by atoms with Gasteiger partial charge in [0.2, 0.25) is 11.8 Å². The van der Waals surface area contributed by atoms with Gasteiger partial charge in [0.15, 0.2) is 0 Å². The molecule has 208 valence electrons. The molecule has 0 aromatic heterocycles. The minimum atomic E-state index is -1.12. The van der Waals surface area contributed by atoms with Gasteiger partial charge < -0.3 is 5.11 Å². The number of nitrogens with zero attached hydrogens (tertiary/aromatic N) is 2. The summed E-state index contributed by atoms with van der Waals surface area (Å²) in [6, 6.07) is 35.4. The lowest BCUT2D eigenvalue weighted by Crippen LogP contribution is -2.54. The Labute approximate surface area is 247 Å². The van der Waals surface area contributed by atoms with Crippen molar-refractivity contribution in [2.24, 2.45) is 16.9 Å². The molecule has 1 saturated heterocycles. The Bertz CT molecular complexity index is 1980. The van der Waals surface area contributed by atoms with E-state index in [-0.39, 0.29) is 29.0 Å². The number of hydrogen-bond donors (Lipinski definition) is 2. The second-order valence-electron chi connectivity index (χ2n) is 11.3. The van der Waals surface area contributed by atoms with Crippen molar-refractivity contribution in [3.63, 3.8) is 0 Å². The van der Waals surface area contributed by atoms with Crippen LogP contribution in [0.25, 0.3) is 10.8 Å². The molecule has 0 spiro atoms. The molecule has 2 atom stereocenters. The Morgan fingerprint density at radius 3 is 2.14 bits per heavy atom. The molecule has 0 saturated carbocycles. The molecule has 1 heterocycles. The van der Waals surface area contributed by atoms with Gasteiger partial charge in [-0.05, 0) is 45.8 Å². The summed E-state index contributed by atoms with van der Waals surface area (Å²) in [5.41, 5.74) is 5.81. The summed E-state index contributed by atoms with van der Waals surface area (Å²) >= 11 is 0. The predicted molar refractivity (Wildman–Crippen MR) is 163 cm³/mol. The molecule has 43 heavy (non-hydrogen) atoms. The highest BCUT2D eigenvalue weighted by Gasteiger charge is 2.68. The fourth-order valence-corrected chi connectivity index (χ4v) is 7.61. The molecule has 2 N–H and O–H groups in total. The summed E-state index contributed by atoms with van der Waals surface area (Å²) in [5.74, 6) is -3.02. The zero-order valence-electron chi connectivity index (χ0n) is 22.8. The molecular formula is C36H25N3O4. The van der Waals surface area contributed by atoms with Crippen molar-refractivity contribution in [1.82, 2.24) is 5.43 Å². The third kappa shape index (κ3) is 3.36. The van der Waals surface area contributed by atoms with Gasteiger partial charge in [-0.1, -0.05) is 97.1 Å². The maximum absolute atomic E-state index is 14.7. The van der Waals surface area contributed by atoms with E-state index >= 15 is 0 Å². The maximum atomic E-state index is 14.7. The lowest BCUT2D eigenvalue weighted by Gasteiger charge is -2.52. The van der Waals surface area contributed by atoms with Crippen LogP contribution in [0.15, 0.2) is 120 Å². The molecule has 1 aliphatic heterocycles. The van der Waals surface area contributed by atoms with Crippen LogP contribution >= 0.6 is 0 Å². The lowest BCUT2D eigenvalue weighted by molar-refractivity contribution is -0.122. The predicted octanol–water partition coefficient (Wildman–Crippen LogP) is 5.51. The Hall–Kier alpha value is -5.56. The summed E-state index contributed by atoms with van der Waals surface area (Å²) in [4.78, 5) is 43.6. The third-order valence-electron chi connectivity index (χ3n) is 9.27. The number of anilines is 1. The minimum absolute atomic E-state index is 0.0810. The van der Waals surface area contributed by atoms with E-state index in [1.807, 2.05) is 91.0 Å². The monoisotopic (exact) mass is 563 g/mol. The third-order valence-corrected chi connectivity index (χ3v) is 9.27. The number of benzene rings is 5. The highest BCUT2D eigenvalue weighted by atomic mass is 16.3. The highest BCUT2D eigenvalue weighted by Crippen LogP contribution is 2.63. The average Bonchev–Trinajstić information content (AvgIpc) is 3.31. The number of para-hydroxylation sites is 1. The smallest absolute Gasteiger partial charge is 0.275 e. The summed E-state index contributed by atoms with van der Waals surface area (Å²) in [7, 11) is 0. The molecule has 4 aliphatic rings. The van der Waals surface area contributed by atoms with Gasteiger partial charge in [0, 0.05) is 17.5 Å². The molecule has 0 unspecified atom stereocenters. The van der Waals surface area contributed by atoms with Crippen LogP contribution in [0.2, 0.25) is 0 Å². The topological polar surface area (TPSA) is 99.1 Å². The first-order chi connectivity index (χ1) is 21.0. The number of imide groups is 1. The molecular weight excluding hydrogens is 538 g/mol. The summed E-state index contributed by atoms with van der Waals surface area (Å²) in [6.45, 7) is 0. The molecule has 7 nitrogen and oxygen atoms in total. The van der Waals surface area contributed by atoms with Crippen LogP contribution in [-0.2, 0) is 15.0 Å². The first-order valence-corrected chi connectivity index (χ1v) is 14.2. The van der Waals surface area contributed by atoms with Gasteiger partial charge in [-0.25, -0.2) is 10.3 Å². The van der Waals surface area contributed by atoms with E-state index in [1.54, 1.807) is 18.3 Å². The van der Waals surface area contributed by atoms with Gasteiger partial charge in [-0.3, -0.25) is 14.4 Å². The second-order valence-corrected chi connectivity index (χ2v) is 11.3. The van der Waals surface area contributed by atoms with Crippen LogP contribution < -0.4 is 10.3 Å². The van der Waals surface area contributed by atoms with Crippen molar-refractivity contribution < 1.29 is 19.5 Å². The van der Waals surface area contributed by atoms with E-state index in [1.165, 1.54) is 17.0 Å². The van der Waals surface area contributed by atoms with Crippen molar-refractivity contribution >= 4 is 40.4 Å². The number of nitrogens with one attached hydrogen (secondary N) is 1. The molecule has 0 radical (unpaired) electrons. The normalized spacial score (nSPS) is 23.3. The first kappa shape index (κ1) is 25.2. The Kier molecular flexibility index (Phi) is 5.40.